The van der Waals surface area contributed by atoms with Gasteiger partial charge in [0.1, 0.15) is 5.78 Å². The third kappa shape index (κ3) is 2.17. The lowest BCUT2D eigenvalue weighted by Crippen LogP contribution is -2.35. The number of hydrogen-bond donors (Lipinski definition) is 2. The zero-order valence-corrected chi connectivity index (χ0v) is 10.1. The molecule has 0 aliphatic carbocycles. The molecule has 0 saturated carbocycles. The van der Waals surface area contributed by atoms with Gasteiger partial charge in [-0.15, -0.1) is 0 Å². The molecule has 1 aromatic carbocycles. The van der Waals surface area contributed by atoms with Crippen LogP contribution in [0.1, 0.15) is 18.1 Å². The van der Waals surface area contributed by atoms with Crippen molar-refractivity contribution in [3.05, 3.63) is 39.0 Å². The second-order valence-corrected chi connectivity index (χ2v) is 4.11. The third-order valence-corrected chi connectivity index (χ3v) is 2.62. The van der Waals surface area contributed by atoms with E-state index >= 15 is 0 Å². The fourth-order valence-electron chi connectivity index (χ4n) is 1.86. The van der Waals surface area contributed by atoms with Gasteiger partial charge >= 0.3 is 5.69 Å². The van der Waals surface area contributed by atoms with E-state index in [2.05, 4.69) is 0 Å². The van der Waals surface area contributed by atoms with Gasteiger partial charge in [0.25, 0.3) is 5.56 Å². The monoisotopic (exact) mass is 261 g/mol. The average molecular weight is 261 g/mol. The number of aromatic amines is 1. The molecular weight excluding hydrogens is 250 g/mol. The Morgan fingerprint density at radius 2 is 2.00 bits per heavy atom. The second kappa shape index (κ2) is 4.52. The van der Waals surface area contributed by atoms with E-state index in [0.29, 0.717) is 0 Å². The molecule has 0 atom stereocenters. The minimum atomic E-state index is -0.880. The number of nitrogens with one attached hydrogen (secondary N) is 1. The first-order chi connectivity index (χ1) is 8.91. The number of carbonyl (C=O) groups excluding carboxylic acids is 2. The molecule has 7 heteroatoms. The van der Waals surface area contributed by atoms with Crippen molar-refractivity contribution in [1.82, 2.24) is 9.55 Å². The van der Waals surface area contributed by atoms with Crippen LogP contribution < -0.4 is 17.0 Å². The molecule has 0 radical (unpaired) electrons. The highest BCUT2D eigenvalue weighted by atomic mass is 16.2. The summed E-state index contributed by atoms with van der Waals surface area (Å²) in [7, 11) is 0. The quantitative estimate of drug-likeness (QED) is 0.578. The molecule has 0 aliphatic heterocycles. The van der Waals surface area contributed by atoms with Gasteiger partial charge in [0.2, 0.25) is 5.91 Å². The highest BCUT2D eigenvalue weighted by Crippen LogP contribution is 2.15. The molecular formula is C12H11N3O4. The molecule has 0 spiro atoms. The van der Waals surface area contributed by atoms with Crippen LogP contribution in [0, 0.1) is 0 Å². The van der Waals surface area contributed by atoms with E-state index in [1.54, 1.807) is 0 Å². The number of fused-ring (bicyclic) bond motifs is 1. The van der Waals surface area contributed by atoms with Crippen LogP contribution in [-0.2, 0) is 4.79 Å². The van der Waals surface area contributed by atoms with Gasteiger partial charge in [-0.25, -0.2) is 9.36 Å². The maximum absolute atomic E-state index is 11.9. The summed E-state index contributed by atoms with van der Waals surface area (Å²) in [6.07, 6.45) is -0.421. The van der Waals surface area contributed by atoms with Crippen LogP contribution in [0.4, 0.5) is 5.69 Å². The number of nitrogens with two attached hydrogens (primary N) is 1. The first kappa shape index (κ1) is 12.7. The van der Waals surface area contributed by atoms with E-state index in [4.69, 9.17) is 5.73 Å². The number of H-pyrrole nitrogens is 1. The molecule has 0 unspecified atom stereocenters. The Balaban J connectivity index is 2.85. The summed E-state index contributed by atoms with van der Waals surface area (Å²) in [6.45, 7) is 1.24. The predicted molar refractivity (Wildman–Crippen MR) is 69.2 cm³/mol. The van der Waals surface area contributed by atoms with Gasteiger partial charge < -0.3 is 5.73 Å². The molecule has 2 rings (SSSR count). The molecule has 0 saturated heterocycles. The lowest BCUT2D eigenvalue weighted by molar-refractivity contribution is -0.116. The van der Waals surface area contributed by atoms with Gasteiger partial charge in [0, 0.05) is 5.69 Å². The number of Topliss-reactive ketones (excluding diaryl/α,β-unsaturated/α-hetero) is 1. The maximum atomic E-state index is 11.9. The zero-order valence-electron chi connectivity index (χ0n) is 10.1. The fourth-order valence-corrected chi connectivity index (χ4v) is 1.86. The summed E-state index contributed by atoms with van der Waals surface area (Å²) in [4.78, 5) is 48.3. The highest BCUT2D eigenvalue weighted by molar-refractivity contribution is 6.02. The summed E-state index contributed by atoms with van der Waals surface area (Å²) in [5.74, 6) is -1.08. The molecule has 19 heavy (non-hydrogen) atoms. The van der Waals surface area contributed by atoms with Crippen molar-refractivity contribution < 1.29 is 9.59 Å². The molecule has 3 N–H and O–H groups in total. The highest BCUT2D eigenvalue weighted by Gasteiger charge is 2.16. The lowest BCUT2D eigenvalue weighted by Gasteiger charge is -2.08. The maximum Gasteiger partial charge on any atom is 0.335 e. The SMILES string of the molecule is CC(=O)CC(=O)n1c(=O)[nH]c(=O)c2c(N)cccc21. The van der Waals surface area contributed by atoms with Crippen LogP contribution in [0.5, 0.6) is 0 Å². The Bertz CT molecular complexity index is 801. The van der Waals surface area contributed by atoms with E-state index in [1.165, 1.54) is 25.1 Å². The summed E-state index contributed by atoms with van der Waals surface area (Å²) < 4.78 is 0.758. The first-order valence-corrected chi connectivity index (χ1v) is 5.48. The van der Waals surface area contributed by atoms with Crippen LogP contribution in [0.15, 0.2) is 27.8 Å². The molecule has 1 aromatic heterocycles. The van der Waals surface area contributed by atoms with Crippen molar-refractivity contribution >= 4 is 28.3 Å². The van der Waals surface area contributed by atoms with Gasteiger partial charge in [-0.05, 0) is 19.1 Å². The number of benzene rings is 1. The number of rotatable bonds is 2. The van der Waals surface area contributed by atoms with E-state index in [0.717, 1.165) is 4.57 Å². The summed E-state index contributed by atoms with van der Waals surface area (Å²) in [6, 6.07) is 4.44. The van der Waals surface area contributed by atoms with Crippen molar-refractivity contribution in [3.63, 3.8) is 0 Å². The molecule has 7 nitrogen and oxygen atoms in total. The van der Waals surface area contributed by atoms with Gasteiger partial charge in [-0.1, -0.05) is 6.07 Å². The van der Waals surface area contributed by atoms with E-state index in [1.807, 2.05) is 4.98 Å². The Kier molecular flexibility index (Phi) is 3.04. The fraction of sp³-hybridized carbons (Fsp3) is 0.167. The van der Waals surface area contributed by atoms with Crippen molar-refractivity contribution in [1.29, 1.82) is 0 Å². The average Bonchev–Trinajstić information content (AvgIpc) is 2.26. The van der Waals surface area contributed by atoms with Crippen LogP contribution >= 0.6 is 0 Å². The molecule has 2 aromatic rings. The van der Waals surface area contributed by atoms with Gasteiger partial charge in [0.05, 0.1) is 17.3 Å². The number of carbonyl (C=O) groups is 2. The number of hydrogen-bond acceptors (Lipinski definition) is 5. The largest absolute Gasteiger partial charge is 0.398 e. The summed E-state index contributed by atoms with van der Waals surface area (Å²) >= 11 is 0. The summed E-state index contributed by atoms with van der Waals surface area (Å²) in [5, 5.41) is 0.0546. The molecule has 0 amide bonds. The number of nitrogens with zero attached hydrogens (tertiary/aromatic N) is 1. The second-order valence-electron chi connectivity index (χ2n) is 4.11. The van der Waals surface area contributed by atoms with E-state index in [-0.39, 0.29) is 22.4 Å². The molecule has 1 heterocycles. The third-order valence-electron chi connectivity index (χ3n) is 2.62. The van der Waals surface area contributed by atoms with Crippen LogP contribution in [-0.4, -0.2) is 21.2 Å². The molecule has 0 aliphatic rings. The lowest BCUT2D eigenvalue weighted by atomic mass is 10.2. The number of ketones is 1. The minimum Gasteiger partial charge on any atom is -0.398 e. The van der Waals surface area contributed by atoms with E-state index < -0.39 is 23.6 Å². The molecule has 98 valence electrons. The minimum absolute atomic E-state index is 0.0546. The number of aromatic nitrogens is 2. The number of nitrogen functional groups attached to an aromatic ring is 1. The van der Waals surface area contributed by atoms with Crippen LogP contribution in [0.2, 0.25) is 0 Å². The smallest absolute Gasteiger partial charge is 0.335 e. The molecule has 0 bridgehead atoms. The van der Waals surface area contributed by atoms with Crippen molar-refractivity contribution in [2.45, 2.75) is 13.3 Å². The van der Waals surface area contributed by atoms with Crippen molar-refractivity contribution in [2.24, 2.45) is 0 Å². The summed E-state index contributed by atoms with van der Waals surface area (Å²) in [5.41, 5.74) is 4.37. The van der Waals surface area contributed by atoms with Crippen molar-refractivity contribution in [3.8, 4) is 0 Å². The predicted octanol–water partition coefficient (Wildman–Crippen LogP) is -0.109. The van der Waals surface area contributed by atoms with Crippen molar-refractivity contribution in [2.75, 3.05) is 5.73 Å². The normalized spacial score (nSPS) is 10.6. The Morgan fingerprint density at radius 1 is 1.32 bits per heavy atom. The number of anilines is 1. The van der Waals surface area contributed by atoms with E-state index in [9.17, 15) is 19.2 Å². The van der Waals surface area contributed by atoms with Crippen LogP contribution in [0.3, 0.4) is 0 Å². The van der Waals surface area contributed by atoms with Gasteiger partial charge in [-0.2, -0.15) is 0 Å². The zero-order chi connectivity index (χ0) is 14.2. The van der Waals surface area contributed by atoms with Crippen LogP contribution in [0.25, 0.3) is 10.9 Å². The topological polar surface area (TPSA) is 115 Å². The molecule has 0 fully saturated rings. The van der Waals surface area contributed by atoms with Gasteiger partial charge in [0.15, 0.2) is 0 Å². The first-order valence-electron chi connectivity index (χ1n) is 5.48. The van der Waals surface area contributed by atoms with Gasteiger partial charge in [-0.3, -0.25) is 19.4 Å². The Morgan fingerprint density at radius 3 is 2.63 bits per heavy atom. The Labute approximate surface area is 106 Å². The Hall–Kier alpha value is -2.70. The standard InChI is InChI=1S/C12H11N3O4/c1-6(16)5-9(17)15-8-4-2-3-7(13)10(8)11(18)14-12(15)19/h2-4H,5,13H2,1H3,(H,14,18,19).